The summed E-state index contributed by atoms with van der Waals surface area (Å²) in [5.74, 6) is -0.0488. The zero-order chi connectivity index (χ0) is 14.8. The smallest absolute Gasteiger partial charge is 0.266 e. The number of benzene rings is 1. The lowest BCUT2D eigenvalue weighted by Gasteiger charge is -2.04. The molecule has 2 heterocycles. The highest BCUT2D eigenvalue weighted by Gasteiger charge is 2.06. The molecule has 3 aromatic rings. The van der Waals surface area contributed by atoms with Crippen LogP contribution in [0.3, 0.4) is 0 Å². The number of hydrogen-bond donors (Lipinski definition) is 2. The zero-order valence-electron chi connectivity index (χ0n) is 11.4. The van der Waals surface area contributed by atoms with E-state index in [1.54, 1.807) is 16.9 Å². The number of rotatable bonds is 4. The second-order valence-corrected chi connectivity index (χ2v) is 5.17. The highest BCUT2D eigenvalue weighted by molar-refractivity contribution is 7.71. The van der Waals surface area contributed by atoms with Crippen molar-refractivity contribution in [2.45, 2.75) is 12.8 Å². The van der Waals surface area contributed by atoms with Gasteiger partial charge in [0.05, 0.1) is 11.7 Å². The Balaban J connectivity index is 1.64. The number of carbonyl (C=O) groups is 1. The molecule has 7 heteroatoms. The third-order valence-electron chi connectivity index (χ3n) is 3.10. The highest BCUT2D eigenvalue weighted by atomic mass is 32.1. The SMILES string of the molecule is Cn1cc(CCC(=O)Nc2ccc3[nH]c(=S)oc3c2)cn1. The number of nitrogens with one attached hydrogen (secondary N) is 2. The van der Waals surface area contributed by atoms with Crippen LogP contribution in [0.2, 0.25) is 0 Å². The van der Waals surface area contributed by atoms with Gasteiger partial charge >= 0.3 is 0 Å². The molecule has 0 fully saturated rings. The molecule has 6 nitrogen and oxygen atoms in total. The monoisotopic (exact) mass is 302 g/mol. The van der Waals surface area contributed by atoms with E-state index in [4.69, 9.17) is 16.6 Å². The Bertz CT molecular complexity index is 846. The number of amides is 1. The summed E-state index contributed by atoms with van der Waals surface area (Å²) in [6.07, 6.45) is 4.74. The van der Waals surface area contributed by atoms with E-state index >= 15 is 0 Å². The first kappa shape index (κ1) is 13.6. The summed E-state index contributed by atoms with van der Waals surface area (Å²) in [5, 5.41) is 6.92. The predicted octanol–water partition coefficient (Wildman–Crippen LogP) is 2.80. The van der Waals surface area contributed by atoms with Gasteiger partial charge in [-0.25, -0.2) is 0 Å². The molecular weight excluding hydrogens is 288 g/mol. The van der Waals surface area contributed by atoms with E-state index in [1.165, 1.54) is 0 Å². The lowest BCUT2D eigenvalue weighted by molar-refractivity contribution is -0.116. The number of anilines is 1. The lowest BCUT2D eigenvalue weighted by Crippen LogP contribution is -2.12. The fraction of sp³-hybridized carbons (Fsp3) is 0.214. The summed E-state index contributed by atoms with van der Waals surface area (Å²) >= 11 is 4.92. The molecule has 0 bridgehead atoms. The van der Waals surface area contributed by atoms with Gasteiger partial charge in [0, 0.05) is 31.4 Å². The molecular formula is C14H14N4O2S. The zero-order valence-corrected chi connectivity index (χ0v) is 12.2. The summed E-state index contributed by atoms with van der Waals surface area (Å²) < 4.78 is 7.04. The largest absolute Gasteiger partial charge is 0.429 e. The molecule has 0 saturated carbocycles. The molecule has 0 aliphatic carbocycles. The van der Waals surface area contributed by atoms with E-state index in [-0.39, 0.29) is 5.91 Å². The average Bonchev–Trinajstić information content (AvgIpc) is 3.01. The molecule has 1 amide bonds. The van der Waals surface area contributed by atoms with Crippen molar-refractivity contribution in [2.75, 3.05) is 5.32 Å². The molecule has 0 radical (unpaired) electrons. The van der Waals surface area contributed by atoms with Crippen molar-refractivity contribution < 1.29 is 9.21 Å². The first-order valence-corrected chi connectivity index (χ1v) is 6.91. The Kier molecular flexibility index (Phi) is 3.57. The second kappa shape index (κ2) is 5.53. The number of aromatic nitrogens is 3. The van der Waals surface area contributed by atoms with Crippen LogP contribution in [0.1, 0.15) is 12.0 Å². The summed E-state index contributed by atoms with van der Waals surface area (Å²) in [5.41, 5.74) is 3.18. The molecule has 0 spiro atoms. The van der Waals surface area contributed by atoms with Crippen molar-refractivity contribution in [2.24, 2.45) is 7.05 Å². The van der Waals surface area contributed by atoms with Crippen LogP contribution in [0.4, 0.5) is 5.69 Å². The van der Waals surface area contributed by atoms with Gasteiger partial charge in [-0.2, -0.15) is 5.10 Å². The summed E-state index contributed by atoms with van der Waals surface area (Å²) in [6.45, 7) is 0. The van der Waals surface area contributed by atoms with Crippen LogP contribution in [0.5, 0.6) is 0 Å². The third-order valence-corrected chi connectivity index (χ3v) is 3.29. The van der Waals surface area contributed by atoms with Gasteiger partial charge in [-0.3, -0.25) is 9.48 Å². The van der Waals surface area contributed by atoms with Crippen molar-refractivity contribution in [1.29, 1.82) is 0 Å². The van der Waals surface area contributed by atoms with Gasteiger partial charge in [0.1, 0.15) is 0 Å². The van der Waals surface area contributed by atoms with Crippen molar-refractivity contribution in [3.8, 4) is 0 Å². The van der Waals surface area contributed by atoms with Gasteiger partial charge in [0.2, 0.25) is 5.91 Å². The van der Waals surface area contributed by atoms with E-state index in [0.29, 0.717) is 28.9 Å². The maximum Gasteiger partial charge on any atom is 0.266 e. The fourth-order valence-electron chi connectivity index (χ4n) is 2.11. The molecule has 21 heavy (non-hydrogen) atoms. The van der Waals surface area contributed by atoms with E-state index < -0.39 is 0 Å². The van der Waals surface area contributed by atoms with Gasteiger partial charge in [-0.1, -0.05) is 0 Å². The van der Waals surface area contributed by atoms with E-state index in [2.05, 4.69) is 15.4 Å². The number of oxazole rings is 1. The standard InChI is InChI=1S/C14H14N4O2S/c1-18-8-9(7-15-18)2-5-13(19)16-10-3-4-11-12(6-10)20-14(21)17-11/h3-4,6-8H,2,5H2,1H3,(H,16,19)(H,17,21). The van der Waals surface area contributed by atoms with Crippen LogP contribution in [0, 0.1) is 4.84 Å². The summed E-state index contributed by atoms with van der Waals surface area (Å²) in [7, 11) is 1.85. The Hall–Kier alpha value is -2.41. The minimum Gasteiger partial charge on any atom is -0.429 e. The number of carbonyl (C=O) groups excluding carboxylic acids is 1. The van der Waals surface area contributed by atoms with Gasteiger partial charge in [-0.15, -0.1) is 0 Å². The molecule has 0 unspecified atom stereocenters. The number of nitrogens with zero attached hydrogens (tertiary/aromatic N) is 2. The number of hydrogen-bond acceptors (Lipinski definition) is 4. The Morgan fingerprint density at radius 3 is 3.14 bits per heavy atom. The molecule has 2 aromatic heterocycles. The van der Waals surface area contributed by atoms with Crippen LogP contribution in [0.25, 0.3) is 11.1 Å². The van der Waals surface area contributed by atoms with Crippen LogP contribution in [0.15, 0.2) is 35.0 Å². The van der Waals surface area contributed by atoms with Crippen LogP contribution in [-0.4, -0.2) is 20.7 Å². The molecule has 2 N–H and O–H groups in total. The maximum atomic E-state index is 11.9. The first-order valence-electron chi connectivity index (χ1n) is 6.50. The number of aryl methyl sites for hydroxylation is 2. The Morgan fingerprint density at radius 1 is 1.52 bits per heavy atom. The second-order valence-electron chi connectivity index (χ2n) is 4.80. The molecule has 0 aliphatic heterocycles. The van der Waals surface area contributed by atoms with Gasteiger partial charge in [0.15, 0.2) is 5.58 Å². The van der Waals surface area contributed by atoms with Crippen molar-refractivity contribution in [3.05, 3.63) is 41.0 Å². The van der Waals surface area contributed by atoms with Crippen molar-refractivity contribution in [3.63, 3.8) is 0 Å². The molecule has 0 aliphatic rings. The fourth-order valence-corrected chi connectivity index (χ4v) is 2.31. The topological polar surface area (TPSA) is 75.8 Å². The third kappa shape index (κ3) is 3.19. The number of H-pyrrole nitrogens is 1. The molecule has 0 saturated heterocycles. The summed E-state index contributed by atoms with van der Waals surface area (Å²) in [4.78, 5) is 15.2. The minimum absolute atomic E-state index is 0.0488. The minimum atomic E-state index is -0.0488. The van der Waals surface area contributed by atoms with Crippen molar-refractivity contribution >= 4 is 34.9 Å². The van der Waals surface area contributed by atoms with Crippen LogP contribution >= 0.6 is 12.2 Å². The van der Waals surface area contributed by atoms with E-state index in [1.807, 2.05) is 25.4 Å². The predicted molar refractivity (Wildman–Crippen MR) is 81.6 cm³/mol. The lowest BCUT2D eigenvalue weighted by atomic mass is 10.2. The van der Waals surface area contributed by atoms with Crippen LogP contribution < -0.4 is 5.32 Å². The number of fused-ring (bicyclic) bond motifs is 1. The quantitative estimate of drug-likeness (QED) is 0.727. The molecule has 3 rings (SSSR count). The Morgan fingerprint density at radius 2 is 2.38 bits per heavy atom. The summed E-state index contributed by atoms with van der Waals surface area (Å²) in [6, 6.07) is 5.39. The van der Waals surface area contributed by atoms with E-state index in [9.17, 15) is 4.79 Å². The highest BCUT2D eigenvalue weighted by Crippen LogP contribution is 2.19. The number of aromatic amines is 1. The normalized spacial score (nSPS) is 10.9. The van der Waals surface area contributed by atoms with E-state index in [0.717, 1.165) is 11.1 Å². The first-order chi connectivity index (χ1) is 10.1. The average molecular weight is 302 g/mol. The van der Waals surface area contributed by atoms with Crippen LogP contribution in [-0.2, 0) is 18.3 Å². The van der Waals surface area contributed by atoms with Gasteiger partial charge in [-0.05, 0) is 36.3 Å². The van der Waals surface area contributed by atoms with Gasteiger partial charge < -0.3 is 14.7 Å². The Labute approximate surface area is 125 Å². The van der Waals surface area contributed by atoms with Crippen molar-refractivity contribution in [1.82, 2.24) is 14.8 Å². The molecule has 1 aromatic carbocycles. The molecule has 108 valence electrons. The molecule has 0 atom stereocenters. The maximum absolute atomic E-state index is 11.9. The van der Waals surface area contributed by atoms with Gasteiger partial charge in [0.25, 0.3) is 4.84 Å².